The Bertz CT molecular complexity index is 1520. The van der Waals surface area contributed by atoms with Crippen LogP contribution >= 0.6 is 0 Å². The van der Waals surface area contributed by atoms with Crippen molar-refractivity contribution in [1.29, 1.82) is 0 Å². The number of imidazole rings is 1. The van der Waals surface area contributed by atoms with E-state index in [4.69, 9.17) is 14.8 Å². The van der Waals surface area contributed by atoms with Crippen LogP contribution in [0.2, 0.25) is 0 Å². The summed E-state index contributed by atoms with van der Waals surface area (Å²) in [6, 6.07) is 5.53. The van der Waals surface area contributed by atoms with E-state index in [0.717, 1.165) is 37.3 Å². The standard InChI is InChI=1S/C26H32F3N9O/c1-15-11-36(25(3)13-39-14-25)9-8-18(15)33-24-34-22(30-4)21-17(7-10-38(21)35-24)19-5-6-20-23(32-19)37(16(2)31-20)12-26(27,28)29/h5-7,10,15,18H,8-9,11-14H2,1-4H3,(H2,30,33,34,35)/t15-,18+/m1/s1. The summed E-state index contributed by atoms with van der Waals surface area (Å²) in [7, 11) is 1.78. The van der Waals surface area contributed by atoms with Gasteiger partial charge in [-0.3, -0.25) is 4.90 Å². The Hall–Kier alpha value is -3.45. The predicted octanol–water partition coefficient (Wildman–Crippen LogP) is 3.96. The number of halogens is 3. The molecule has 0 aromatic carbocycles. The fourth-order valence-corrected chi connectivity index (χ4v) is 5.70. The van der Waals surface area contributed by atoms with E-state index in [1.54, 1.807) is 30.6 Å². The number of aryl methyl sites for hydroxylation is 1. The Kier molecular flexibility index (Phi) is 6.18. The maximum absolute atomic E-state index is 13.2. The molecule has 2 saturated heterocycles. The Morgan fingerprint density at radius 2 is 1.95 bits per heavy atom. The largest absolute Gasteiger partial charge is 0.406 e. The quantitative estimate of drug-likeness (QED) is 0.377. The second-order valence-electron chi connectivity index (χ2n) is 10.9. The summed E-state index contributed by atoms with van der Waals surface area (Å²) in [4.78, 5) is 16.1. The summed E-state index contributed by atoms with van der Waals surface area (Å²) >= 11 is 0. The Morgan fingerprint density at radius 1 is 1.15 bits per heavy atom. The number of pyridine rings is 1. The maximum atomic E-state index is 13.2. The first-order valence-corrected chi connectivity index (χ1v) is 13.1. The van der Waals surface area contributed by atoms with Gasteiger partial charge in [-0.25, -0.2) is 14.5 Å². The summed E-state index contributed by atoms with van der Waals surface area (Å²) in [5.41, 5.74) is 2.66. The second kappa shape index (κ2) is 9.33. The fraction of sp³-hybridized carbons (Fsp3) is 0.538. The lowest BCUT2D eigenvalue weighted by Gasteiger charge is -2.51. The molecular weight excluding hydrogens is 511 g/mol. The zero-order valence-electron chi connectivity index (χ0n) is 22.4. The fourth-order valence-electron chi connectivity index (χ4n) is 5.70. The minimum Gasteiger partial charge on any atom is -0.377 e. The van der Waals surface area contributed by atoms with E-state index in [-0.39, 0.29) is 23.1 Å². The zero-order chi connectivity index (χ0) is 27.5. The third-order valence-corrected chi connectivity index (χ3v) is 7.95. The van der Waals surface area contributed by atoms with E-state index < -0.39 is 12.7 Å². The van der Waals surface area contributed by atoms with Crippen LogP contribution in [0.5, 0.6) is 0 Å². The molecule has 0 unspecified atom stereocenters. The van der Waals surface area contributed by atoms with Crippen molar-refractivity contribution in [1.82, 2.24) is 34.0 Å². The van der Waals surface area contributed by atoms with E-state index in [9.17, 15) is 13.2 Å². The lowest BCUT2D eigenvalue weighted by Crippen LogP contribution is -2.64. The molecule has 2 aliphatic heterocycles. The van der Waals surface area contributed by atoms with Gasteiger partial charge < -0.3 is 19.9 Å². The highest BCUT2D eigenvalue weighted by molar-refractivity contribution is 5.89. The number of nitrogens with zero attached hydrogens (tertiary/aromatic N) is 7. The molecule has 0 saturated carbocycles. The normalized spacial score (nSPS) is 21.8. The lowest BCUT2D eigenvalue weighted by atomic mass is 9.88. The minimum absolute atomic E-state index is 0.135. The number of piperidine rings is 1. The Labute approximate surface area is 223 Å². The molecule has 0 spiro atoms. The van der Waals surface area contributed by atoms with Gasteiger partial charge in [0.05, 0.1) is 24.4 Å². The van der Waals surface area contributed by atoms with Crippen molar-refractivity contribution in [3.8, 4) is 11.3 Å². The summed E-state index contributed by atoms with van der Waals surface area (Å²) in [5, 5.41) is 11.4. The first-order valence-electron chi connectivity index (χ1n) is 13.1. The molecule has 0 amide bonds. The molecule has 6 heterocycles. The van der Waals surface area contributed by atoms with Crippen LogP contribution in [0.25, 0.3) is 27.9 Å². The summed E-state index contributed by atoms with van der Waals surface area (Å²) in [6.07, 6.45) is -1.60. The van der Waals surface area contributed by atoms with Crippen LogP contribution in [0.3, 0.4) is 0 Å². The van der Waals surface area contributed by atoms with Crippen molar-refractivity contribution in [3.05, 3.63) is 30.2 Å². The summed E-state index contributed by atoms with van der Waals surface area (Å²) in [6.45, 7) is 8.43. The first kappa shape index (κ1) is 25.8. The number of rotatable bonds is 6. The number of aromatic nitrogens is 6. The van der Waals surface area contributed by atoms with Crippen LogP contribution in [0, 0.1) is 12.8 Å². The number of fused-ring (bicyclic) bond motifs is 2. The van der Waals surface area contributed by atoms with E-state index in [2.05, 4.69) is 39.3 Å². The van der Waals surface area contributed by atoms with E-state index >= 15 is 0 Å². The van der Waals surface area contributed by atoms with Crippen molar-refractivity contribution in [2.45, 2.75) is 51.5 Å². The molecule has 39 heavy (non-hydrogen) atoms. The number of likely N-dealkylation sites (tertiary alicyclic amines) is 1. The molecule has 0 radical (unpaired) electrons. The van der Waals surface area contributed by atoms with Crippen molar-refractivity contribution in [2.24, 2.45) is 5.92 Å². The predicted molar refractivity (Wildman–Crippen MR) is 142 cm³/mol. The first-order chi connectivity index (χ1) is 18.5. The van der Waals surface area contributed by atoms with Crippen LogP contribution < -0.4 is 10.6 Å². The SMILES string of the molecule is CNc1nc(N[C@H]2CCN(C3(C)COC3)C[C@H]2C)nn2ccc(-c3ccc4nc(C)n(CC(F)(F)F)c4n3)c12. The molecule has 13 heteroatoms. The third-order valence-electron chi connectivity index (χ3n) is 7.95. The number of hydrogen-bond donors (Lipinski definition) is 2. The van der Waals surface area contributed by atoms with Crippen molar-refractivity contribution < 1.29 is 17.9 Å². The molecule has 10 nitrogen and oxygen atoms in total. The molecular formula is C26H32F3N9O. The van der Waals surface area contributed by atoms with E-state index in [1.807, 2.05) is 12.3 Å². The zero-order valence-corrected chi connectivity index (χ0v) is 22.4. The highest BCUT2D eigenvalue weighted by atomic mass is 19.4. The molecule has 2 fully saturated rings. The van der Waals surface area contributed by atoms with Crippen LogP contribution in [0.1, 0.15) is 26.1 Å². The van der Waals surface area contributed by atoms with Gasteiger partial charge >= 0.3 is 6.18 Å². The van der Waals surface area contributed by atoms with Crippen LogP contribution in [0.15, 0.2) is 24.4 Å². The van der Waals surface area contributed by atoms with Gasteiger partial charge in [0.2, 0.25) is 5.95 Å². The van der Waals surface area contributed by atoms with Crippen LogP contribution in [-0.2, 0) is 11.3 Å². The van der Waals surface area contributed by atoms with Gasteiger partial charge in [-0.1, -0.05) is 6.92 Å². The molecule has 6 rings (SSSR count). The molecule has 0 bridgehead atoms. The summed E-state index contributed by atoms with van der Waals surface area (Å²) < 4.78 is 47.9. The van der Waals surface area contributed by atoms with Gasteiger partial charge in [0.1, 0.15) is 23.4 Å². The molecule has 208 valence electrons. The van der Waals surface area contributed by atoms with Crippen LogP contribution in [0.4, 0.5) is 24.9 Å². The van der Waals surface area contributed by atoms with Gasteiger partial charge in [0.25, 0.3) is 0 Å². The van der Waals surface area contributed by atoms with Gasteiger partial charge in [-0.05, 0) is 44.4 Å². The van der Waals surface area contributed by atoms with Crippen molar-refractivity contribution in [3.63, 3.8) is 0 Å². The van der Waals surface area contributed by atoms with Crippen molar-refractivity contribution in [2.75, 3.05) is 44.0 Å². The molecule has 4 aromatic heterocycles. The lowest BCUT2D eigenvalue weighted by molar-refractivity contribution is -0.140. The molecule has 2 atom stereocenters. The molecule has 4 aromatic rings. The monoisotopic (exact) mass is 543 g/mol. The number of anilines is 2. The maximum Gasteiger partial charge on any atom is 0.406 e. The number of alkyl halides is 3. The van der Waals surface area contributed by atoms with Crippen molar-refractivity contribution >= 4 is 28.4 Å². The topological polar surface area (TPSA) is 97.4 Å². The minimum atomic E-state index is -4.38. The van der Waals surface area contributed by atoms with Gasteiger partial charge in [0, 0.05) is 37.9 Å². The third kappa shape index (κ3) is 4.67. The number of hydrogen-bond acceptors (Lipinski definition) is 8. The van der Waals surface area contributed by atoms with E-state index in [1.165, 1.54) is 0 Å². The average Bonchev–Trinajstić information content (AvgIpc) is 3.43. The molecule has 2 N–H and O–H groups in total. The smallest absolute Gasteiger partial charge is 0.377 e. The highest BCUT2D eigenvalue weighted by Crippen LogP contribution is 2.33. The van der Waals surface area contributed by atoms with Gasteiger partial charge in [-0.15, -0.1) is 5.10 Å². The number of nitrogens with one attached hydrogen (secondary N) is 2. The highest BCUT2D eigenvalue weighted by Gasteiger charge is 2.42. The van der Waals surface area contributed by atoms with E-state index in [0.29, 0.717) is 40.0 Å². The van der Waals surface area contributed by atoms with Crippen LogP contribution in [-0.4, -0.2) is 85.1 Å². The summed E-state index contributed by atoms with van der Waals surface area (Å²) in [5.74, 6) is 1.77. The average molecular weight is 544 g/mol. The van der Waals surface area contributed by atoms with Gasteiger partial charge in [0.15, 0.2) is 11.5 Å². The molecule has 2 aliphatic rings. The van der Waals surface area contributed by atoms with Gasteiger partial charge in [-0.2, -0.15) is 18.2 Å². The number of ether oxygens (including phenoxy) is 1. The molecule has 0 aliphatic carbocycles. The second-order valence-corrected chi connectivity index (χ2v) is 10.9. The Balaban J connectivity index is 1.29. The Morgan fingerprint density at radius 3 is 2.62 bits per heavy atom.